The van der Waals surface area contributed by atoms with Crippen LogP contribution in [0, 0.1) is 0 Å². The van der Waals surface area contributed by atoms with Crippen molar-refractivity contribution in [3.63, 3.8) is 0 Å². The Bertz CT molecular complexity index is 868. The molecule has 6 nitrogen and oxygen atoms in total. The van der Waals surface area contributed by atoms with Gasteiger partial charge in [0.25, 0.3) is 5.91 Å². The molecule has 24 heavy (non-hydrogen) atoms. The van der Waals surface area contributed by atoms with E-state index in [0.717, 1.165) is 10.9 Å². The normalized spacial score (nSPS) is 14.0. The molecule has 0 saturated carbocycles. The Morgan fingerprint density at radius 2 is 2.21 bits per heavy atom. The summed E-state index contributed by atoms with van der Waals surface area (Å²) in [6.07, 6.45) is 5.18. The van der Waals surface area contributed by atoms with Gasteiger partial charge in [0.15, 0.2) is 0 Å². The zero-order valence-corrected chi connectivity index (χ0v) is 14.0. The molecule has 3 N–H and O–H groups in total. The Balaban J connectivity index is 1.80. The third-order valence-corrected chi connectivity index (χ3v) is 4.43. The molecule has 0 fully saturated rings. The van der Waals surface area contributed by atoms with Crippen molar-refractivity contribution in [3.8, 4) is 0 Å². The van der Waals surface area contributed by atoms with Gasteiger partial charge in [0.1, 0.15) is 5.69 Å². The van der Waals surface area contributed by atoms with E-state index in [1.807, 2.05) is 30.5 Å². The first-order valence-corrected chi connectivity index (χ1v) is 8.09. The maximum Gasteiger partial charge on any atom is 0.268 e. The first kappa shape index (κ1) is 16.5. The number of amides is 1. The maximum atomic E-state index is 11.2. The largest absolute Gasteiger partial charge is 0.391 e. The molecule has 0 unspecified atom stereocenters. The van der Waals surface area contributed by atoms with E-state index in [-0.39, 0.29) is 11.7 Å². The molecule has 0 saturated heterocycles. The van der Waals surface area contributed by atoms with Gasteiger partial charge >= 0.3 is 0 Å². The Morgan fingerprint density at radius 3 is 2.88 bits per heavy atom. The lowest BCUT2D eigenvalue weighted by molar-refractivity contribution is 0.0994. The van der Waals surface area contributed by atoms with Gasteiger partial charge in [0.05, 0.1) is 18.5 Å². The van der Waals surface area contributed by atoms with Crippen LogP contribution < -0.4 is 5.73 Å². The number of carbonyl (C=O) groups excluding carboxylic acids is 1. The van der Waals surface area contributed by atoms with Gasteiger partial charge < -0.3 is 20.0 Å². The zero-order chi connectivity index (χ0) is 17.3. The van der Waals surface area contributed by atoms with Crippen LogP contribution in [0.3, 0.4) is 0 Å². The van der Waals surface area contributed by atoms with Crippen LogP contribution >= 0.6 is 11.6 Å². The molecule has 1 amide bonds. The highest BCUT2D eigenvalue weighted by atomic mass is 35.5. The summed E-state index contributed by atoms with van der Waals surface area (Å²) >= 11 is 6.08. The van der Waals surface area contributed by atoms with Crippen molar-refractivity contribution in [1.82, 2.24) is 14.1 Å². The third kappa shape index (κ3) is 3.29. The number of carbonyl (C=O) groups is 1. The minimum absolute atomic E-state index is 0.193. The Hall–Kier alpha value is -2.31. The van der Waals surface area contributed by atoms with Crippen molar-refractivity contribution >= 4 is 28.4 Å². The van der Waals surface area contributed by atoms with E-state index in [2.05, 4.69) is 9.55 Å². The summed E-state index contributed by atoms with van der Waals surface area (Å²) in [5.41, 5.74) is 6.48. The summed E-state index contributed by atoms with van der Waals surface area (Å²) in [6.45, 7) is 2.42. The highest BCUT2D eigenvalue weighted by Crippen LogP contribution is 2.23. The molecule has 0 aliphatic rings. The lowest BCUT2D eigenvalue weighted by atomic mass is 10.1. The molecule has 2 aromatic heterocycles. The van der Waals surface area contributed by atoms with Crippen molar-refractivity contribution in [2.24, 2.45) is 5.73 Å². The number of aliphatic hydroxyl groups excluding tert-OH is 1. The van der Waals surface area contributed by atoms with Gasteiger partial charge in [-0.1, -0.05) is 17.7 Å². The number of aryl methyl sites for hydroxylation is 1. The number of primary amides is 1. The summed E-state index contributed by atoms with van der Waals surface area (Å²) in [5.74, 6) is -0.580. The van der Waals surface area contributed by atoms with Gasteiger partial charge in [-0.05, 0) is 36.9 Å². The average Bonchev–Trinajstić information content (AvgIpc) is 3.15. The van der Waals surface area contributed by atoms with E-state index in [9.17, 15) is 9.90 Å². The second kappa shape index (κ2) is 6.67. The fourth-order valence-electron chi connectivity index (χ4n) is 2.91. The molecule has 126 valence electrons. The summed E-state index contributed by atoms with van der Waals surface area (Å²) in [7, 11) is 0. The standard InChI is InChI=1S/C17H19ClN4O2/c1-11(23)15(22-9-14(17(19)24)20-10-22)5-7-21-6-4-12-2-3-13(18)8-16(12)21/h2-4,6,8-11,15,23H,5,7H2,1H3,(H2,19,24)/t11-,15+/m0/s1. The van der Waals surface area contributed by atoms with Gasteiger partial charge in [-0.15, -0.1) is 0 Å². The predicted octanol–water partition coefficient (Wildman–Crippen LogP) is 2.60. The van der Waals surface area contributed by atoms with E-state index < -0.39 is 12.0 Å². The van der Waals surface area contributed by atoms with Crippen molar-refractivity contribution in [1.29, 1.82) is 0 Å². The third-order valence-electron chi connectivity index (χ3n) is 4.20. The molecule has 0 aliphatic carbocycles. The summed E-state index contributed by atoms with van der Waals surface area (Å²) < 4.78 is 3.84. The number of rotatable bonds is 6. The molecule has 3 aromatic rings. The van der Waals surface area contributed by atoms with Crippen LogP contribution in [0.25, 0.3) is 10.9 Å². The van der Waals surface area contributed by atoms with Crippen molar-refractivity contribution in [3.05, 3.63) is 53.7 Å². The zero-order valence-electron chi connectivity index (χ0n) is 13.3. The van der Waals surface area contributed by atoms with Crippen LogP contribution in [0.2, 0.25) is 5.02 Å². The van der Waals surface area contributed by atoms with Gasteiger partial charge in [-0.3, -0.25) is 4.79 Å². The molecule has 2 heterocycles. The SMILES string of the molecule is C[C@H](O)[C@@H](CCn1ccc2ccc(Cl)cc21)n1cnc(C(N)=O)c1. The van der Waals surface area contributed by atoms with Gasteiger partial charge in [0.2, 0.25) is 0 Å². The minimum Gasteiger partial charge on any atom is -0.391 e. The quantitative estimate of drug-likeness (QED) is 0.719. The Kier molecular flexibility index (Phi) is 4.59. The van der Waals surface area contributed by atoms with E-state index in [0.29, 0.717) is 18.0 Å². The van der Waals surface area contributed by atoms with Crippen molar-refractivity contribution < 1.29 is 9.90 Å². The lowest BCUT2D eigenvalue weighted by Crippen LogP contribution is -2.22. The monoisotopic (exact) mass is 346 g/mol. The summed E-state index contributed by atoms with van der Waals surface area (Å²) in [4.78, 5) is 15.2. The number of hydrogen-bond donors (Lipinski definition) is 2. The molecular formula is C17H19ClN4O2. The molecule has 2 atom stereocenters. The number of aliphatic hydroxyl groups is 1. The molecule has 0 spiro atoms. The highest BCUT2D eigenvalue weighted by molar-refractivity contribution is 6.31. The number of aromatic nitrogens is 3. The van der Waals surface area contributed by atoms with E-state index >= 15 is 0 Å². The first-order chi connectivity index (χ1) is 11.5. The van der Waals surface area contributed by atoms with Crippen LogP contribution in [0.1, 0.15) is 29.9 Å². The van der Waals surface area contributed by atoms with E-state index in [4.69, 9.17) is 17.3 Å². The molecule has 3 rings (SSSR count). The Labute approximate surface area is 144 Å². The minimum atomic E-state index is -0.592. The van der Waals surface area contributed by atoms with E-state index in [1.54, 1.807) is 17.7 Å². The number of imidazole rings is 1. The molecule has 1 aromatic carbocycles. The summed E-state index contributed by atoms with van der Waals surface area (Å²) in [6, 6.07) is 7.60. The molecule has 7 heteroatoms. The maximum absolute atomic E-state index is 11.2. The number of fused-ring (bicyclic) bond motifs is 1. The van der Waals surface area contributed by atoms with Crippen LogP contribution in [-0.2, 0) is 6.54 Å². The molecule has 0 radical (unpaired) electrons. The van der Waals surface area contributed by atoms with Crippen LogP contribution in [0.15, 0.2) is 43.0 Å². The number of nitrogens with two attached hydrogens (primary N) is 1. The van der Waals surface area contributed by atoms with Crippen molar-refractivity contribution in [2.45, 2.75) is 32.0 Å². The molecule has 0 aliphatic heterocycles. The van der Waals surface area contributed by atoms with Crippen LogP contribution in [0.4, 0.5) is 0 Å². The lowest BCUT2D eigenvalue weighted by Gasteiger charge is -2.22. The average molecular weight is 347 g/mol. The van der Waals surface area contributed by atoms with E-state index in [1.165, 1.54) is 6.33 Å². The molecule has 0 bridgehead atoms. The van der Waals surface area contributed by atoms with Gasteiger partial charge in [0, 0.05) is 29.5 Å². The van der Waals surface area contributed by atoms with Crippen LogP contribution in [-0.4, -0.2) is 31.2 Å². The Morgan fingerprint density at radius 1 is 1.42 bits per heavy atom. The second-order valence-corrected chi connectivity index (χ2v) is 6.32. The fraction of sp³-hybridized carbons (Fsp3) is 0.294. The number of nitrogens with zero attached hydrogens (tertiary/aromatic N) is 3. The van der Waals surface area contributed by atoms with Crippen molar-refractivity contribution in [2.75, 3.05) is 0 Å². The second-order valence-electron chi connectivity index (χ2n) is 5.88. The topological polar surface area (TPSA) is 86.1 Å². The first-order valence-electron chi connectivity index (χ1n) is 7.71. The smallest absolute Gasteiger partial charge is 0.268 e. The highest BCUT2D eigenvalue weighted by Gasteiger charge is 2.19. The number of benzene rings is 1. The van der Waals surface area contributed by atoms with Gasteiger partial charge in [-0.2, -0.15) is 0 Å². The van der Waals surface area contributed by atoms with Crippen LogP contribution in [0.5, 0.6) is 0 Å². The number of hydrogen-bond acceptors (Lipinski definition) is 3. The molecular weight excluding hydrogens is 328 g/mol. The predicted molar refractivity (Wildman–Crippen MR) is 93.0 cm³/mol. The summed E-state index contributed by atoms with van der Waals surface area (Å²) in [5, 5.41) is 11.9. The fourth-order valence-corrected chi connectivity index (χ4v) is 3.07. The van der Waals surface area contributed by atoms with Gasteiger partial charge in [-0.25, -0.2) is 4.98 Å². The number of halogens is 1.